The fourth-order valence-electron chi connectivity index (χ4n) is 5.40. The minimum Gasteiger partial charge on any atom is -0.507 e. The molecule has 2 heterocycles. The van der Waals surface area contributed by atoms with Gasteiger partial charge in [-0.2, -0.15) is 0 Å². The van der Waals surface area contributed by atoms with Crippen LogP contribution in [0, 0.1) is 5.92 Å². The van der Waals surface area contributed by atoms with E-state index in [2.05, 4.69) is 15.0 Å². The molecule has 37 heavy (non-hydrogen) atoms. The summed E-state index contributed by atoms with van der Waals surface area (Å²) in [6.07, 6.45) is 7.19. The average molecular weight is 522 g/mol. The molecule has 2 aromatic carbocycles. The Kier molecular flexibility index (Phi) is 5.98. The molecular formula is C27H27N3O6S. The fourth-order valence-corrected chi connectivity index (χ4v) is 6.60. The van der Waals surface area contributed by atoms with Gasteiger partial charge in [0, 0.05) is 23.6 Å². The van der Waals surface area contributed by atoms with E-state index >= 15 is 0 Å². The third-order valence-electron chi connectivity index (χ3n) is 7.33. The lowest BCUT2D eigenvalue weighted by Crippen LogP contribution is -2.19. The summed E-state index contributed by atoms with van der Waals surface area (Å²) in [5.41, 5.74) is 2.08. The molecule has 2 aliphatic carbocycles. The SMILES string of the molecule is O=c1oc2c(c(O)c1C(c1cccc(NS(=O)(=O)c3cccc4nonc34)c1)C1CC1)CCCCCC2. The van der Waals surface area contributed by atoms with E-state index in [1.165, 1.54) is 6.07 Å². The Balaban J connectivity index is 1.38. The molecule has 0 radical (unpaired) electrons. The summed E-state index contributed by atoms with van der Waals surface area (Å²) >= 11 is 0. The van der Waals surface area contributed by atoms with Gasteiger partial charge in [-0.15, -0.1) is 0 Å². The summed E-state index contributed by atoms with van der Waals surface area (Å²) in [5, 5.41) is 18.8. The van der Waals surface area contributed by atoms with Crippen LogP contribution in [-0.2, 0) is 22.9 Å². The molecule has 0 spiro atoms. The summed E-state index contributed by atoms with van der Waals surface area (Å²) in [7, 11) is -4.00. The monoisotopic (exact) mass is 521 g/mol. The van der Waals surface area contributed by atoms with Crippen LogP contribution in [0.2, 0.25) is 0 Å². The molecule has 0 amide bonds. The van der Waals surface area contributed by atoms with Gasteiger partial charge in [0.2, 0.25) is 0 Å². The highest BCUT2D eigenvalue weighted by Crippen LogP contribution is 2.49. The fraction of sp³-hybridized carbons (Fsp3) is 0.370. The van der Waals surface area contributed by atoms with Crippen LogP contribution >= 0.6 is 0 Å². The largest absolute Gasteiger partial charge is 0.507 e. The molecule has 1 atom stereocenters. The number of nitrogens with one attached hydrogen (secondary N) is 1. The Morgan fingerprint density at radius 2 is 1.78 bits per heavy atom. The highest BCUT2D eigenvalue weighted by atomic mass is 32.2. The van der Waals surface area contributed by atoms with Crippen molar-refractivity contribution in [3.63, 3.8) is 0 Å². The van der Waals surface area contributed by atoms with Gasteiger partial charge in [-0.1, -0.05) is 31.0 Å². The zero-order chi connectivity index (χ0) is 25.6. The summed E-state index contributed by atoms with van der Waals surface area (Å²) in [4.78, 5) is 13.1. The second-order valence-corrected chi connectivity index (χ2v) is 11.6. The Bertz CT molecular complexity index is 1640. The molecule has 2 aromatic heterocycles. The van der Waals surface area contributed by atoms with Crippen LogP contribution in [0.1, 0.15) is 66.9 Å². The Labute approximate surface area is 213 Å². The average Bonchev–Trinajstić information content (AvgIpc) is 3.57. The van der Waals surface area contributed by atoms with Gasteiger partial charge in [-0.25, -0.2) is 17.8 Å². The van der Waals surface area contributed by atoms with Crippen LogP contribution in [0.15, 0.2) is 61.2 Å². The Morgan fingerprint density at radius 3 is 2.59 bits per heavy atom. The molecule has 6 rings (SSSR count). The molecular weight excluding hydrogens is 494 g/mol. The normalized spacial score (nSPS) is 17.1. The molecule has 4 aromatic rings. The molecule has 0 bridgehead atoms. The number of benzene rings is 2. The van der Waals surface area contributed by atoms with Crippen molar-refractivity contribution in [3.05, 3.63) is 75.3 Å². The summed E-state index contributed by atoms with van der Waals surface area (Å²) in [6.45, 7) is 0. The van der Waals surface area contributed by atoms with Crippen molar-refractivity contribution in [2.24, 2.45) is 5.92 Å². The lowest BCUT2D eigenvalue weighted by atomic mass is 9.85. The Morgan fingerprint density at radius 1 is 1.00 bits per heavy atom. The van der Waals surface area contributed by atoms with Crippen molar-refractivity contribution in [1.29, 1.82) is 0 Å². The minimum absolute atomic E-state index is 0.0428. The van der Waals surface area contributed by atoms with E-state index in [-0.39, 0.29) is 33.6 Å². The number of anilines is 1. The van der Waals surface area contributed by atoms with Crippen LogP contribution in [0.4, 0.5) is 5.69 Å². The summed E-state index contributed by atoms with van der Waals surface area (Å²) in [6, 6.07) is 11.6. The lowest BCUT2D eigenvalue weighted by Gasteiger charge is -2.22. The molecule has 9 nitrogen and oxygen atoms in total. The number of aryl methyl sites for hydroxylation is 1. The second kappa shape index (κ2) is 9.33. The number of rotatable bonds is 6. The van der Waals surface area contributed by atoms with E-state index in [0.717, 1.165) is 49.7 Å². The summed E-state index contributed by atoms with van der Waals surface area (Å²) in [5.74, 6) is 0.418. The third-order valence-corrected chi connectivity index (χ3v) is 8.75. The molecule has 192 valence electrons. The van der Waals surface area contributed by atoms with Gasteiger partial charge in [0.25, 0.3) is 10.0 Å². The molecule has 1 unspecified atom stereocenters. The van der Waals surface area contributed by atoms with Gasteiger partial charge in [-0.3, -0.25) is 4.72 Å². The molecule has 0 aliphatic heterocycles. The highest BCUT2D eigenvalue weighted by Gasteiger charge is 2.38. The van der Waals surface area contributed by atoms with Crippen molar-refractivity contribution in [2.45, 2.75) is 62.2 Å². The van der Waals surface area contributed by atoms with E-state index in [4.69, 9.17) is 9.05 Å². The quantitative estimate of drug-likeness (QED) is 0.366. The molecule has 2 N–H and O–H groups in total. The zero-order valence-corrected chi connectivity index (χ0v) is 21.0. The van der Waals surface area contributed by atoms with Crippen LogP contribution in [-0.4, -0.2) is 23.8 Å². The highest BCUT2D eigenvalue weighted by molar-refractivity contribution is 7.93. The van der Waals surface area contributed by atoms with Crippen LogP contribution < -0.4 is 10.3 Å². The maximum absolute atomic E-state index is 13.2. The maximum atomic E-state index is 13.2. The van der Waals surface area contributed by atoms with Gasteiger partial charge in [0.05, 0.1) is 5.56 Å². The van der Waals surface area contributed by atoms with Gasteiger partial charge in [-0.05, 0) is 78.2 Å². The first-order valence-electron chi connectivity index (χ1n) is 12.6. The van der Waals surface area contributed by atoms with E-state index in [1.54, 1.807) is 30.3 Å². The molecule has 1 fully saturated rings. The van der Waals surface area contributed by atoms with E-state index < -0.39 is 15.6 Å². The third kappa shape index (κ3) is 4.50. The minimum atomic E-state index is -4.00. The number of sulfonamides is 1. The van der Waals surface area contributed by atoms with Crippen molar-refractivity contribution >= 4 is 26.7 Å². The van der Waals surface area contributed by atoms with Crippen molar-refractivity contribution in [2.75, 3.05) is 4.72 Å². The predicted octanol–water partition coefficient (Wildman–Crippen LogP) is 4.88. The van der Waals surface area contributed by atoms with Crippen LogP contribution in [0.3, 0.4) is 0 Å². The van der Waals surface area contributed by atoms with Crippen LogP contribution in [0.25, 0.3) is 11.0 Å². The smallest absolute Gasteiger partial charge is 0.343 e. The van der Waals surface area contributed by atoms with Gasteiger partial charge >= 0.3 is 5.63 Å². The molecule has 0 saturated heterocycles. The number of nitrogens with zero attached hydrogens (tertiary/aromatic N) is 2. The number of aromatic nitrogens is 2. The molecule has 1 saturated carbocycles. The van der Waals surface area contributed by atoms with E-state index in [9.17, 15) is 18.3 Å². The molecule has 10 heteroatoms. The van der Waals surface area contributed by atoms with Crippen molar-refractivity contribution < 1.29 is 22.6 Å². The first-order chi connectivity index (χ1) is 17.9. The van der Waals surface area contributed by atoms with E-state index in [0.29, 0.717) is 29.8 Å². The lowest BCUT2D eigenvalue weighted by molar-refractivity contribution is 0.315. The standard InChI is InChI=1S/C27H27N3O6S/c31-26-19-9-3-1-2-4-11-21(19)35-27(32)24(26)23(16-13-14-16)17-7-5-8-18(15-17)30-37(33,34)22-12-6-10-20-25(22)29-36-28-20/h5-8,10,12,15-16,23,30-31H,1-4,9,11,13-14H2. The number of hydrogen-bond donors (Lipinski definition) is 2. The van der Waals surface area contributed by atoms with Gasteiger partial charge in [0.15, 0.2) is 5.52 Å². The second-order valence-electron chi connectivity index (χ2n) is 9.90. The first kappa shape index (κ1) is 23.7. The Hall–Kier alpha value is -3.66. The number of hydrogen-bond acceptors (Lipinski definition) is 8. The van der Waals surface area contributed by atoms with Gasteiger partial charge in [0.1, 0.15) is 21.9 Å². The predicted molar refractivity (Wildman–Crippen MR) is 136 cm³/mol. The van der Waals surface area contributed by atoms with Crippen molar-refractivity contribution in [3.8, 4) is 5.75 Å². The van der Waals surface area contributed by atoms with Crippen molar-refractivity contribution in [1.82, 2.24) is 10.3 Å². The van der Waals surface area contributed by atoms with E-state index in [1.807, 2.05) is 6.07 Å². The molecule has 2 aliphatic rings. The topological polar surface area (TPSA) is 136 Å². The van der Waals surface area contributed by atoms with Gasteiger partial charge < -0.3 is 9.52 Å². The maximum Gasteiger partial charge on any atom is 0.343 e. The zero-order valence-electron chi connectivity index (χ0n) is 20.1. The van der Waals surface area contributed by atoms with Crippen LogP contribution in [0.5, 0.6) is 5.75 Å². The summed E-state index contributed by atoms with van der Waals surface area (Å²) < 4.78 is 39.5. The first-order valence-corrected chi connectivity index (χ1v) is 14.1. The number of aromatic hydroxyl groups is 1. The number of fused-ring (bicyclic) bond motifs is 2.